The summed E-state index contributed by atoms with van der Waals surface area (Å²) in [6.07, 6.45) is 4.00. The Morgan fingerprint density at radius 1 is 1.33 bits per heavy atom. The molecule has 2 heterocycles. The molecule has 1 aliphatic heterocycles. The van der Waals surface area contributed by atoms with Gasteiger partial charge in [0.25, 0.3) is 5.91 Å². The number of pyridine rings is 1. The number of likely N-dealkylation sites (N-methyl/N-ethyl adjacent to an activating group) is 1. The van der Waals surface area contributed by atoms with Gasteiger partial charge < -0.3 is 14.8 Å². The third-order valence-electron chi connectivity index (χ3n) is 5.22. The summed E-state index contributed by atoms with van der Waals surface area (Å²) < 4.78 is 11.4. The zero-order chi connectivity index (χ0) is 19.6. The van der Waals surface area contributed by atoms with Gasteiger partial charge in [0.1, 0.15) is 6.61 Å². The number of hydrogen-bond donors (Lipinski definition) is 1. The molecule has 0 bridgehead atoms. The first-order chi connectivity index (χ1) is 13.1. The minimum Gasteiger partial charge on any atom is -0.475 e. The van der Waals surface area contributed by atoms with Crippen LogP contribution in [0.25, 0.3) is 0 Å². The Labute approximate surface area is 163 Å². The van der Waals surface area contributed by atoms with Gasteiger partial charge in [0.15, 0.2) is 0 Å². The maximum Gasteiger partial charge on any atom is 0.251 e. The first kappa shape index (κ1) is 21.6. The monoisotopic (exact) mass is 377 g/mol. The highest BCUT2D eigenvalue weighted by atomic mass is 16.5. The van der Waals surface area contributed by atoms with Crippen molar-refractivity contribution >= 4 is 5.91 Å². The van der Waals surface area contributed by atoms with Crippen LogP contribution in [0.2, 0.25) is 0 Å². The van der Waals surface area contributed by atoms with Crippen LogP contribution in [0, 0.1) is 0 Å². The van der Waals surface area contributed by atoms with Crippen molar-refractivity contribution in [3.8, 4) is 5.88 Å². The number of aryl methyl sites for hydroxylation is 1. The molecule has 1 N–H and O–H groups in total. The number of carbonyl (C=O) groups excluding carboxylic acids is 1. The van der Waals surface area contributed by atoms with E-state index in [-0.39, 0.29) is 12.0 Å². The molecule has 1 fully saturated rings. The molecule has 1 amide bonds. The summed E-state index contributed by atoms with van der Waals surface area (Å²) in [5, 5.41) is 3.09. The van der Waals surface area contributed by atoms with Gasteiger partial charge >= 0.3 is 0 Å². The van der Waals surface area contributed by atoms with Crippen molar-refractivity contribution in [2.24, 2.45) is 0 Å². The smallest absolute Gasteiger partial charge is 0.251 e. The van der Waals surface area contributed by atoms with Gasteiger partial charge in [-0.1, -0.05) is 27.7 Å². The number of nitrogens with zero attached hydrogens (tertiary/aromatic N) is 2. The molecular formula is C21H35N3O3. The normalized spacial score (nSPS) is 17.9. The highest BCUT2D eigenvalue weighted by Gasteiger charge is 2.18. The first-order valence-corrected chi connectivity index (χ1v) is 10.4. The molecule has 0 spiro atoms. The van der Waals surface area contributed by atoms with Crippen molar-refractivity contribution < 1.29 is 14.3 Å². The predicted octanol–water partition coefficient (Wildman–Crippen LogP) is 3.05. The number of ether oxygens (including phenoxy) is 2. The van der Waals surface area contributed by atoms with E-state index < -0.39 is 0 Å². The van der Waals surface area contributed by atoms with Crippen LogP contribution in [-0.4, -0.2) is 60.8 Å². The maximum atomic E-state index is 12.7. The fourth-order valence-corrected chi connectivity index (χ4v) is 3.48. The number of aromatic nitrogens is 1. The molecule has 0 radical (unpaired) electrons. The molecule has 0 aromatic carbocycles. The molecular weight excluding hydrogens is 342 g/mol. The van der Waals surface area contributed by atoms with Crippen LogP contribution in [0.4, 0.5) is 0 Å². The second-order valence-corrected chi connectivity index (χ2v) is 6.98. The highest BCUT2D eigenvalue weighted by Crippen LogP contribution is 2.17. The molecule has 0 aliphatic carbocycles. The highest BCUT2D eigenvalue weighted by molar-refractivity contribution is 5.94. The van der Waals surface area contributed by atoms with Gasteiger partial charge in [-0.25, -0.2) is 4.98 Å². The third kappa shape index (κ3) is 6.47. The Morgan fingerprint density at radius 2 is 2.11 bits per heavy atom. The molecule has 6 nitrogen and oxygen atoms in total. The second kappa shape index (κ2) is 11.2. The largest absolute Gasteiger partial charge is 0.475 e. The molecule has 1 aromatic heterocycles. The Hall–Kier alpha value is -1.66. The van der Waals surface area contributed by atoms with Crippen LogP contribution < -0.4 is 10.1 Å². The molecule has 27 heavy (non-hydrogen) atoms. The average Bonchev–Trinajstić information content (AvgIpc) is 3.22. The molecule has 1 saturated heterocycles. The van der Waals surface area contributed by atoms with E-state index in [0.29, 0.717) is 30.6 Å². The zero-order valence-corrected chi connectivity index (χ0v) is 17.3. The van der Waals surface area contributed by atoms with E-state index in [1.165, 1.54) is 0 Å². The standard InChI is InChI=1S/C21H35N3O3/c1-5-17-12-16(13-20(23-17)27-15-19-10-9-11-26-19)21(25)22-14-18(6-2)24(7-3)8-4/h12-13,18-19H,5-11,14-15H2,1-4H3,(H,22,25)/t18?,19-/m1/s1. The second-order valence-electron chi connectivity index (χ2n) is 6.98. The van der Waals surface area contributed by atoms with Gasteiger partial charge in [-0.3, -0.25) is 9.69 Å². The van der Waals surface area contributed by atoms with Gasteiger partial charge in [0.05, 0.1) is 6.10 Å². The summed E-state index contributed by atoms with van der Waals surface area (Å²) >= 11 is 0. The van der Waals surface area contributed by atoms with E-state index in [0.717, 1.165) is 51.1 Å². The van der Waals surface area contributed by atoms with Crippen LogP contribution in [0.1, 0.15) is 63.0 Å². The fourth-order valence-electron chi connectivity index (χ4n) is 3.48. The average molecular weight is 378 g/mol. The third-order valence-corrected chi connectivity index (χ3v) is 5.22. The van der Waals surface area contributed by atoms with Crippen LogP contribution in [0.5, 0.6) is 5.88 Å². The van der Waals surface area contributed by atoms with E-state index in [9.17, 15) is 4.79 Å². The lowest BCUT2D eigenvalue weighted by atomic mass is 10.1. The van der Waals surface area contributed by atoms with Crippen LogP contribution in [0.3, 0.4) is 0 Å². The summed E-state index contributed by atoms with van der Waals surface area (Å²) in [5.74, 6) is 0.436. The molecule has 152 valence electrons. The van der Waals surface area contributed by atoms with Crippen molar-refractivity contribution in [1.29, 1.82) is 0 Å². The minimum atomic E-state index is -0.0697. The number of carbonyl (C=O) groups is 1. The van der Waals surface area contributed by atoms with Crippen LogP contribution in [-0.2, 0) is 11.2 Å². The lowest BCUT2D eigenvalue weighted by molar-refractivity contribution is 0.0662. The van der Waals surface area contributed by atoms with Crippen molar-refractivity contribution in [2.75, 3.05) is 32.8 Å². The Balaban J connectivity index is 1.99. The molecule has 2 rings (SSSR count). The van der Waals surface area contributed by atoms with E-state index >= 15 is 0 Å². The SMILES string of the molecule is CCc1cc(C(=O)NCC(CC)N(CC)CC)cc(OC[C@H]2CCCO2)n1. The maximum absolute atomic E-state index is 12.7. The van der Waals surface area contributed by atoms with Gasteiger partial charge in [-0.05, 0) is 44.8 Å². The molecule has 2 atom stereocenters. The number of amides is 1. The number of nitrogens with one attached hydrogen (secondary N) is 1. The van der Waals surface area contributed by atoms with Gasteiger partial charge in [-0.15, -0.1) is 0 Å². The molecule has 1 unspecified atom stereocenters. The van der Waals surface area contributed by atoms with Crippen LogP contribution >= 0.6 is 0 Å². The van der Waals surface area contributed by atoms with Crippen LogP contribution in [0.15, 0.2) is 12.1 Å². The van der Waals surface area contributed by atoms with Crippen molar-refractivity contribution in [2.45, 2.75) is 65.5 Å². The van der Waals surface area contributed by atoms with Crippen molar-refractivity contribution in [3.63, 3.8) is 0 Å². The minimum absolute atomic E-state index is 0.0697. The zero-order valence-electron chi connectivity index (χ0n) is 17.3. The lowest BCUT2D eigenvalue weighted by Gasteiger charge is -2.28. The van der Waals surface area contributed by atoms with Gasteiger partial charge in [0.2, 0.25) is 5.88 Å². The molecule has 1 aromatic rings. The van der Waals surface area contributed by atoms with E-state index in [1.54, 1.807) is 6.07 Å². The lowest BCUT2D eigenvalue weighted by Crippen LogP contribution is -2.43. The fraction of sp³-hybridized carbons (Fsp3) is 0.714. The Morgan fingerprint density at radius 3 is 2.70 bits per heavy atom. The quantitative estimate of drug-likeness (QED) is 0.642. The molecule has 0 saturated carbocycles. The molecule has 6 heteroatoms. The van der Waals surface area contributed by atoms with Crippen molar-refractivity contribution in [3.05, 3.63) is 23.4 Å². The van der Waals surface area contributed by atoms with E-state index in [4.69, 9.17) is 9.47 Å². The van der Waals surface area contributed by atoms with E-state index in [1.807, 2.05) is 13.0 Å². The van der Waals surface area contributed by atoms with Gasteiger partial charge in [-0.2, -0.15) is 0 Å². The summed E-state index contributed by atoms with van der Waals surface area (Å²) in [6.45, 7) is 12.4. The number of hydrogen-bond acceptors (Lipinski definition) is 5. The topological polar surface area (TPSA) is 63.7 Å². The summed E-state index contributed by atoms with van der Waals surface area (Å²) in [4.78, 5) is 19.6. The summed E-state index contributed by atoms with van der Waals surface area (Å²) in [7, 11) is 0. The summed E-state index contributed by atoms with van der Waals surface area (Å²) in [5.41, 5.74) is 1.47. The molecule has 1 aliphatic rings. The predicted molar refractivity (Wildman–Crippen MR) is 107 cm³/mol. The first-order valence-electron chi connectivity index (χ1n) is 10.4. The van der Waals surface area contributed by atoms with Gasteiger partial charge in [0, 0.05) is 36.5 Å². The summed E-state index contributed by atoms with van der Waals surface area (Å²) in [6, 6.07) is 3.95. The number of rotatable bonds is 11. The Kier molecular flexibility index (Phi) is 9.01. The Bertz CT molecular complexity index is 584. The van der Waals surface area contributed by atoms with Crippen molar-refractivity contribution in [1.82, 2.24) is 15.2 Å². The van der Waals surface area contributed by atoms with E-state index in [2.05, 4.69) is 36.0 Å².